The number of carboxylic acid groups (broad SMARTS) is 2. The fraction of sp³-hybridized carbons (Fsp3) is 0.760. The lowest BCUT2D eigenvalue weighted by Crippen LogP contribution is -2.61. The zero-order valence-electron chi connectivity index (χ0n) is 46.3. The van der Waals surface area contributed by atoms with Crippen LogP contribution in [-0.4, -0.2) is 213 Å². The summed E-state index contributed by atoms with van der Waals surface area (Å²) in [5, 5.41) is 56.7. The molecule has 0 aromatic rings. The van der Waals surface area contributed by atoms with Crippen molar-refractivity contribution in [1.29, 1.82) is 0 Å². The van der Waals surface area contributed by atoms with Crippen molar-refractivity contribution in [2.75, 3.05) is 44.8 Å². The Kier molecular flexibility index (Phi) is 31.6. The zero-order chi connectivity index (χ0) is 60.2. The van der Waals surface area contributed by atoms with Crippen molar-refractivity contribution in [2.24, 2.45) is 28.9 Å². The van der Waals surface area contributed by atoms with E-state index in [0.29, 0.717) is 37.9 Å². The molecule has 30 heteroatoms. The summed E-state index contributed by atoms with van der Waals surface area (Å²) in [6, 6.07) is -13.8. The summed E-state index contributed by atoms with van der Waals surface area (Å²) in [6.07, 6.45) is 1.19. The van der Waals surface area contributed by atoms with Crippen LogP contribution in [0.3, 0.4) is 0 Å². The number of aliphatic carboxylic acids is 2. The smallest absolute Gasteiger partial charge is 0.328 e. The van der Waals surface area contributed by atoms with Crippen molar-refractivity contribution < 1.29 is 78.0 Å². The number of rotatable bonds is 38. The fourth-order valence-electron chi connectivity index (χ4n) is 9.16. The summed E-state index contributed by atoms with van der Waals surface area (Å²) in [5.41, 5.74) is 23.0. The number of amides is 10. The second-order valence-electron chi connectivity index (χ2n) is 20.5. The van der Waals surface area contributed by atoms with Crippen molar-refractivity contribution in [3.8, 4) is 0 Å². The van der Waals surface area contributed by atoms with E-state index in [1.165, 1.54) is 16.7 Å². The van der Waals surface area contributed by atoms with Gasteiger partial charge in [-0.05, 0) is 128 Å². The van der Waals surface area contributed by atoms with Gasteiger partial charge in [-0.1, -0.05) is 13.8 Å². The molecule has 2 aliphatic heterocycles. The minimum absolute atomic E-state index is 0.0100. The van der Waals surface area contributed by atoms with Crippen LogP contribution in [0.5, 0.6) is 0 Å². The molecule has 0 radical (unpaired) electrons. The fourth-order valence-corrected chi connectivity index (χ4v) is 9.65. The third kappa shape index (κ3) is 23.5. The van der Waals surface area contributed by atoms with Crippen LogP contribution < -0.4 is 60.2 Å². The van der Waals surface area contributed by atoms with Gasteiger partial charge < -0.3 is 90.4 Å². The molecule has 11 atom stereocenters. The number of thioether (sulfide) groups is 1. The van der Waals surface area contributed by atoms with E-state index in [1.807, 2.05) is 6.26 Å². The summed E-state index contributed by atoms with van der Waals surface area (Å²) in [5.74, 6) is -11.0. The average molecular weight is 1160 g/mol. The molecule has 0 spiro atoms. The maximum Gasteiger partial charge on any atom is 0.328 e. The highest BCUT2D eigenvalue weighted by molar-refractivity contribution is 7.98. The summed E-state index contributed by atoms with van der Waals surface area (Å²) >= 11 is 1.50. The van der Waals surface area contributed by atoms with Gasteiger partial charge in [-0.25, -0.2) is 4.79 Å². The van der Waals surface area contributed by atoms with Gasteiger partial charge >= 0.3 is 11.9 Å². The van der Waals surface area contributed by atoms with Gasteiger partial charge in [0.2, 0.25) is 59.1 Å². The molecule has 2 heterocycles. The number of carboxylic acids is 2. The van der Waals surface area contributed by atoms with E-state index in [4.69, 9.17) is 22.9 Å². The second kappa shape index (κ2) is 36.2. The number of aliphatic hydroxyl groups excluding tert-OH is 2. The van der Waals surface area contributed by atoms with Gasteiger partial charge in [0.25, 0.3) is 0 Å². The monoisotopic (exact) mass is 1160 g/mol. The lowest BCUT2D eigenvalue weighted by Gasteiger charge is -2.30. The minimum Gasteiger partial charge on any atom is -0.481 e. The molecule has 29 nitrogen and oxygen atoms in total. The van der Waals surface area contributed by atoms with Gasteiger partial charge in [0.1, 0.15) is 48.3 Å². The average Bonchev–Trinajstić information content (AvgIpc) is 4.11. The quantitative estimate of drug-likeness (QED) is 0.0258. The number of nitrogens with zero attached hydrogens (tertiary/aromatic N) is 2. The molecule has 0 aliphatic carbocycles. The third-order valence-corrected chi connectivity index (χ3v) is 14.2. The van der Waals surface area contributed by atoms with Gasteiger partial charge in [0, 0.05) is 25.9 Å². The first-order valence-electron chi connectivity index (χ1n) is 27.2. The molecule has 454 valence electrons. The minimum atomic E-state index is -1.69. The van der Waals surface area contributed by atoms with Gasteiger partial charge in [0.05, 0.1) is 18.8 Å². The number of likely N-dealkylation sites (tertiary alicyclic amines) is 2. The Morgan fingerprint density at radius 1 is 0.575 bits per heavy atom. The van der Waals surface area contributed by atoms with Crippen molar-refractivity contribution >= 4 is 82.8 Å². The van der Waals surface area contributed by atoms with Crippen molar-refractivity contribution in [1.82, 2.24) is 47.0 Å². The maximum absolute atomic E-state index is 14.3. The van der Waals surface area contributed by atoms with E-state index in [9.17, 15) is 78.0 Å². The molecule has 0 aromatic heterocycles. The lowest BCUT2D eigenvalue weighted by atomic mass is 10.00. The van der Waals surface area contributed by atoms with Crippen LogP contribution in [0.2, 0.25) is 0 Å². The Hall–Kier alpha value is -6.21. The van der Waals surface area contributed by atoms with Crippen molar-refractivity contribution in [3.63, 3.8) is 0 Å². The summed E-state index contributed by atoms with van der Waals surface area (Å²) in [6.45, 7) is 4.28. The highest BCUT2D eigenvalue weighted by Crippen LogP contribution is 2.22. The van der Waals surface area contributed by atoms with Crippen LogP contribution in [0.15, 0.2) is 0 Å². The van der Waals surface area contributed by atoms with Gasteiger partial charge in [-0.3, -0.25) is 52.7 Å². The summed E-state index contributed by atoms with van der Waals surface area (Å²) in [4.78, 5) is 162. The number of primary amides is 1. The molecule has 0 bridgehead atoms. The Morgan fingerprint density at radius 3 is 1.43 bits per heavy atom. The van der Waals surface area contributed by atoms with Crippen LogP contribution in [-0.2, 0) is 57.5 Å². The topological polar surface area (TPSA) is 481 Å². The van der Waals surface area contributed by atoms with Crippen LogP contribution in [0.25, 0.3) is 0 Å². The third-order valence-electron chi connectivity index (χ3n) is 13.6. The number of hydrogen-bond acceptors (Lipinski definition) is 18. The van der Waals surface area contributed by atoms with Crippen LogP contribution in [0.1, 0.15) is 124 Å². The Balaban J connectivity index is 2.40. The highest BCUT2D eigenvalue weighted by atomic mass is 32.2. The van der Waals surface area contributed by atoms with E-state index in [1.54, 1.807) is 13.8 Å². The largest absolute Gasteiger partial charge is 0.481 e. The predicted octanol–water partition coefficient (Wildman–Crippen LogP) is -4.67. The van der Waals surface area contributed by atoms with Gasteiger partial charge in [0.15, 0.2) is 6.04 Å². The van der Waals surface area contributed by atoms with E-state index >= 15 is 0 Å². The Labute approximate surface area is 470 Å². The Morgan fingerprint density at radius 2 is 1.00 bits per heavy atom. The molecule has 2 saturated heterocycles. The number of aliphatic hydroxyl groups is 2. The molecule has 80 heavy (non-hydrogen) atoms. The number of hydrogen-bond donors (Lipinski definition) is 15. The molecular formula is C50H87N13O16S. The maximum atomic E-state index is 14.3. The molecule has 2 rings (SSSR count). The first-order valence-corrected chi connectivity index (χ1v) is 28.6. The summed E-state index contributed by atoms with van der Waals surface area (Å²) in [7, 11) is 0. The molecular weight excluding hydrogens is 1070 g/mol. The first-order chi connectivity index (χ1) is 37.8. The molecule has 2 aliphatic rings. The number of unbranched alkanes of at least 4 members (excludes halogenated alkanes) is 2. The van der Waals surface area contributed by atoms with Crippen LogP contribution >= 0.6 is 11.8 Å². The predicted molar refractivity (Wildman–Crippen MR) is 291 cm³/mol. The number of carbonyl (C=O) groups excluding carboxylic acids is 10. The molecule has 10 amide bonds. The molecule has 2 fully saturated rings. The SMILES string of the molecule is CSCC[C@H](N)C(=O)N1CCC[C@H]1C(=O)N[C@@H](CCC(=O)O)C(=O)N[C@@H](CCCCN)C(=O)N[C@@H](CC(C)C)C(=O)N[C@@H](CCC(N)=O)C(=O)N[C@@H](CCCCN)C(=O)N[C@@H](CO)C(=O)N1CCC[C@H]1C(=O)N[C@H](C(=O)O)[C@@H](C)O. The van der Waals surface area contributed by atoms with Crippen LogP contribution in [0, 0.1) is 5.92 Å². The standard InChI is InChI=1S/C50H87N13O16S/c1-27(2)25-34(59-41(69)30(11-5-7-20-51)55-44(72)33(16-18-39(67)68)58-46(74)36-13-9-22-62(36)48(76)29(53)19-24-80-4)45(73)57-32(15-17-38(54)66)43(71)56-31(12-6-8-21-52)42(70)60-35(26-64)49(77)63-23-10-14-37(63)47(75)61-40(28(3)65)50(78)79/h27-37,40,64-65H,5-26,51-53H2,1-4H3,(H2,54,66)(H,55,72)(H,56,71)(H,57,73)(H,58,74)(H,59,69)(H,60,70)(H,61,75)(H,67,68)(H,78,79)/t28-,29+,30+,31+,32+,33+,34+,35+,36+,37+,40+/m1/s1. The van der Waals surface area contributed by atoms with E-state index in [-0.39, 0.29) is 77.0 Å². The molecule has 19 N–H and O–H groups in total. The van der Waals surface area contributed by atoms with Crippen LogP contribution in [0.4, 0.5) is 0 Å². The van der Waals surface area contributed by atoms with Gasteiger partial charge in [-0.15, -0.1) is 0 Å². The van der Waals surface area contributed by atoms with E-state index in [0.717, 1.165) is 11.8 Å². The molecule has 0 aromatic carbocycles. The summed E-state index contributed by atoms with van der Waals surface area (Å²) < 4.78 is 0. The van der Waals surface area contributed by atoms with Crippen molar-refractivity contribution in [2.45, 2.75) is 190 Å². The first kappa shape index (κ1) is 69.9. The van der Waals surface area contributed by atoms with E-state index < -0.39 is 170 Å². The van der Waals surface area contributed by atoms with E-state index in [2.05, 4.69) is 37.2 Å². The molecule has 0 saturated carbocycles. The highest BCUT2D eigenvalue weighted by Gasteiger charge is 2.42. The number of carbonyl (C=O) groups is 12. The zero-order valence-corrected chi connectivity index (χ0v) is 47.1. The number of nitrogens with two attached hydrogens (primary N) is 4. The lowest BCUT2D eigenvalue weighted by molar-refractivity contribution is -0.147. The normalized spacial score (nSPS) is 18.5. The van der Waals surface area contributed by atoms with Crippen molar-refractivity contribution in [3.05, 3.63) is 0 Å². The second-order valence-corrected chi connectivity index (χ2v) is 21.5. The molecule has 0 unspecified atom stereocenters. The van der Waals surface area contributed by atoms with Gasteiger partial charge in [-0.2, -0.15) is 11.8 Å². The number of nitrogens with one attached hydrogen (secondary N) is 7. The Bertz CT molecular complexity index is 2120.